The minimum Gasteiger partial charge on any atom is -0.483 e. The first-order valence-electron chi connectivity index (χ1n) is 6.88. The summed E-state index contributed by atoms with van der Waals surface area (Å²) in [5.74, 6) is 0.522. The molecule has 0 radical (unpaired) electrons. The van der Waals surface area contributed by atoms with Gasteiger partial charge in [0.1, 0.15) is 5.75 Å². The van der Waals surface area contributed by atoms with E-state index in [2.05, 4.69) is 21.2 Å². The third-order valence-electron chi connectivity index (χ3n) is 3.22. The average Bonchev–Trinajstić information content (AvgIpc) is 2.53. The van der Waals surface area contributed by atoms with E-state index in [0.717, 1.165) is 20.9 Å². The fourth-order valence-corrected chi connectivity index (χ4v) is 2.63. The smallest absolute Gasteiger partial charge is 0.262 e. The highest BCUT2D eigenvalue weighted by molar-refractivity contribution is 9.10. The second-order valence-corrected chi connectivity index (χ2v) is 5.74. The molecule has 3 aromatic carbocycles. The maximum Gasteiger partial charge on any atom is 0.262 e. The van der Waals surface area contributed by atoms with Crippen molar-refractivity contribution in [1.82, 2.24) is 0 Å². The first-order valence-corrected chi connectivity index (χ1v) is 7.68. The topological polar surface area (TPSA) is 38.3 Å². The lowest BCUT2D eigenvalue weighted by molar-refractivity contribution is -0.118. The van der Waals surface area contributed by atoms with Crippen LogP contribution in [0.25, 0.3) is 10.8 Å². The molecule has 0 spiro atoms. The molecule has 0 heterocycles. The van der Waals surface area contributed by atoms with Gasteiger partial charge in [-0.25, -0.2) is 0 Å². The summed E-state index contributed by atoms with van der Waals surface area (Å²) in [5, 5.41) is 4.90. The van der Waals surface area contributed by atoms with Gasteiger partial charge >= 0.3 is 0 Å². The number of hydrogen-bond acceptors (Lipinski definition) is 2. The minimum absolute atomic E-state index is 0.0273. The van der Waals surface area contributed by atoms with Gasteiger partial charge in [-0.15, -0.1) is 0 Å². The number of halogens is 1. The zero-order valence-electron chi connectivity index (χ0n) is 11.8. The Bertz CT molecular complexity index is 812. The van der Waals surface area contributed by atoms with Gasteiger partial charge in [0, 0.05) is 15.5 Å². The van der Waals surface area contributed by atoms with E-state index >= 15 is 0 Å². The van der Waals surface area contributed by atoms with Gasteiger partial charge in [-0.1, -0.05) is 58.4 Å². The zero-order chi connectivity index (χ0) is 15.4. The highest BCUT2D eigenvalue weighted by atomic mass is 79.9. The molecule has 0 aromatic heterocycles. The van der Waals surface area contributed by atoms with Crippen LogP contribution in [0.1, 0.15) is 0 Å². The Balaban J connectivity index is 1.68. The molecule has 1 amide bonds. The molecular weight excluding hydrogens is 342 g/mol. The van der Waals surface area contributed by atoms with Crippen molar-refractivity contribution in [3.8, 4) is 5.75 Å². The van der Waals surface area contributed by atoms with Crippen LogP contribution in [0.4, 0.5) is 5.69 Å². The van der Waals surface area contributed by atoms with Crippen molar-refractivity contribution in [2.24, 2.45) is 0 Å². The van der Waals surface area contributed by atoms with Gasteiger partial charge in [-0.3, -0.25) is 4.79 Å². The lowest BCUT2D eigenvalue weighted by Gasteiger charge is -2.10. The SMILES string of the molecule is O=C(COc1cccc2ccccc12)Nc1cccc(Br)c1. The Kier molecular flexibility index (Phi) is 4.39. The number of ether oxygens (including phenoxy) is 1. The summed E-state index contributed by atoms with van der Waals surface area (Å²) in [4.78, 5) is 12.0. The maximum atomic E-state index is 12.0. The molecule has 0 aliphatic rings. The third-order valence-corrected chi connectivity index (χ3v) is 3.71. The highest BCUT2D eigenvalue weighted by Crippen LogP contribution is 2.25. The molecule has 0 unspecified atom stereocenters. The van der Waals surface area contributed by atoms with E-state index in [1.165, 1.54) is 0 Å². The summed E-state index contributed by atoms with van der Waals surface area (Å²) < 4.78 is 6.58. The molecule has 4 heteroatoms. The van der Waals surface area contributed by atoms with E-state index in [1.54, 1.807) is 0 Å². The Morgan fingerprint density at radius 3 is 2.64 bits per heavy atom. The number of amides is 1. The zero-order valence-corrected chi connectivity index (χ0v) is 13.3. The molecule has 0 aliphatic carbocycles. The van der Waals surface area contributed by atoms with E-state index in [9.17, 15) is 4.79 Å². The van der Waals surface area contributed by atoms with Gasteiger partial charge < -0.3 is 10.1 Å². The summed E-state index contributed by atoms with van der Waals surface area (Å²) in [6.07, 6.45) is 0. The van der Waals surface area contributed by atoms with Crippen LogP contribution in [0.2, 0.25) is 0 Å². The molecule has 0 saturated carbocycles. The average molecular weight is 356 g/mol. The molecule has 110 valence electrons. The number of carbonyl (C=O) groups is 1. The van der Waals surface area contributed by atoms with E-state index in [1.807, 2.05) is 66.7 Å². The Labute approximate surface area is 137 Å². The molecular formula is C18H14BrNO2. The normalized spacial score (nSPS) is 10.4. The van der Waals surface area contributed by atoms with Gasteiger partial charge in [0.15, 0.2) is 6.61 Å². The third kappa shape index (κ3) is 3.46. The lowest BCUT2D eigenvalue weighted by atomic mass is 10.1. The quantitative estimate of drug-likeness (QED) is 0.741. The second kappa shape index (κ2) is 6.62. The van der Waals surface area contributed by atoms with E-state index < -0.39 is 0 Å². The summed E-state index contributed by atoms with van der Waals surface area (Å²) in [6, 6.07) is 21.2. The van der Waals surface area contributed by atoms with Crippen molar-refractivity contribution in [2.45, 2.75) is 0 Å². The molecule has 0 bridgehead atoms. The molecule has 0 saturated heterocycles. The summed E-state index contributed by atoms with van der Waals surface area (Å²) in [6.45, 7) is -0.0273. The van der Waals surface area contributed by atoms with Crippen LogP contribution in [0.5, 0.6) is 5.75 Å². The first kappa shape index (κ1) is 14.6. The summed E-state index contributed by atoms with van der Waals surface area (Å²) >= 11 is 3.37. The Morgan fingerprint density at radius 2 is 1.77 bits per heavy atom. The van der Waals surface area contributed by atoms with Crippen molar-refractivity contribution >= 4 is 38.3 Å². The van der Waals surface area contributed by atoms with Crippen LogP contribution in [-0.2, 0) is 4.79 Å². The number of fused-ring (bicyclic) bond motifs is 1. The monoisotopic (exact) mass is 355 g/mol. The number of benzene rings is 3. The largest absolute Gasteiger partial charge is 0.483 e. The van der Waals surface area contributed by atoms with E-state index in [-0.39, 0.29) is 12.5 Å². The second-order valence-electron chi connectivity index (χ2n) is 4.82. The molecule has 22 heavy (non-hydrogen) atoms. The van der Waals surface area contributed by atoms with Crippen LogP contribution >= 0.6 is 15.9 Å². The Hall–Kier alpha value is -2.33. The molecule has 3 rings (SSSR count). The number of carbonyl (C=O) groups excluding carboxylic acids is 1. The maximum absolute atomic E-state index is 12.0. The van der Waals surface area contributed by atoms with Crippen LogP contribution in [0.15, 0.2) is 71.2 Å². The van der Waals surface area contributed by atoms with Gasteiger partial charge in [0.05, 0.1) is 0 Å². The molecule has 3 aromatic rings. The van der Waals surface area contributed by atoms with Crippen molar-refractivity contribution in [3.63, 3.8) is 0 Å². The van der Waals surface area contributed by atoms with Crippen molar-refractivity contribution in [1.29, 1.82) is 0 Å². The summed E-state index contributed by atoms with van der Waals surface area (Å²) in [7, 11) is 0. The number of rotatable bonds is 4. The Morgan fingerprint density at radius 1 is 1.00 bits per heavy atom. The first-order chi connectivity index (χ1) is 10.7. The molecule has 3 nitrogen and oxygen atoms in total. The van der Waals surface area contributed by atoms with E-state index in [4.69, 9.17) is 4.74 Å². The lowest BCUT2D eigenvalue weighted by Crippen LogP contribution is -2.20. The van der Waals surface area contributed by atoms with Crippen molar-refractivity contribution < 1.29 is 9.53 Å². The van der Waals surface area contributed by atoms with Gasteiger partial charge in [-0.05, 0) is 29.7 Å². The van der Waals surface area contributed by atoms with Crippen LogP contribution in [-0.4, -0.2) is 12.5 Å². The number of nitrogens with one attached hydrogen (secondary N) is 1. The number of anilines is 1. The standard InChI is InChI=1S/C18H14BrNO2/c19-14-7-4-8-15(11-14)20-18(21)12-22-17-10-3-6-13-5-1-2-9-16(13)17/h1-11H,12H2,(H,20,21). The predicted octanol–water partition coefficient (Wildman–Crippen LogP) is 4.62. The highest BCUT2D eigenvalue weighted by Gasteiger charge is 2.06. The fourth-order valence-electron chi connectivity index (χ4n) is 2.23. The van der Waals surface area contributed by atoms with Gasteiger partial charge in [0.25, 0.3) is 5.91 Å². The van der Waals surface area contributed by atoms with E-state index in [0.29, 0.717) is 5.75 Å². The van der Waals surface area contributed by atoms with Gasteiger partial charge in [0.2, 0.25) is 0 Å². The minimum atomic E-state index is -0.189. The van der Waals surface area contributed by atoms with Gasteiger partial charge in [-0.2, -0.15) is 0 Å². The molecule has 0 aliphatic heterocycles. The molecule has 1 N–H and O–H groups in total. The van der Waals surface area contributed by atoms with Crippen molar-refractivity contribution in [3.05, 3.63) is 71.2 Å². The summed E-state index contributed by atoms with van der Waals surface area (Å²) in [5.41, 5.74) is 0.737. The molecule has 0 atom stereocenters. The van der Waals surface area contributed by atoms with Crippen LogP contribution in [0.3, 0.4) is 0 Å². The fraction of sp³-hybridized carbons (Fsp3) is 0.0556. The predicted molar refractivity (Wildman–Crippen MR) is 92.2 cm³/mol. The van der Waals surface area contributed by atoms with Crippen LogP contribution in [0, 0.1) is 0 Å². The number of hydrogen-bond donors (Lipinski definition) is 1. The van der Waals surface area contributed by atoms with Crippen molar-refractivity contribution in [2.75, 3.05) is 11.9 Å². The molecule has 0 fully saturated rings. The van der Waals surface area contributed by atoms with Crippen LogP contribution < -0.4 is 10.1 Å².